The van der Waals surface area contributed by atoms with Crippen LogP contribution in [0.1, 0.15) is 35.4 Å². The van der Waals surface area contributed by atoms with Crippen LogP contribution in [0.5, 0.6) is 11.5 Å². The zero-order chi connectivity index (χ0) is 40.7. The number of fused-ring (bicyclic) bond motifs is 4. The van der Waals surface area contributed by atoms with Crippen molar-refractivity contribution in [3.63, 3.8) is 0 Å². The molecule has 57 heavy (non-hydrogen) atoms. The number of pyridine rings is 1. The van der Waals surface area contributed by atoms with E-state index in [9.17, 15) is 42.8 Å². The number of phenols is 1. The van der Waals surface area contributed by atoms with Crippen LogP contribution in [0.3, 0.4) is 0 Å². The molecule has 18 heteroatoms. The minimum atomic E-state index is -4.79. The first-order valence-corrected chi connectivity index (χ1v) is 18.2. The number of ether oxygens (including phenoxy) is 1. The molecule has 2 aliphatic carbocycles. The highest BCUT2D eigenvalue weighted by Gasteiger charge is 2.70. The van der Waals surface area contributed by atoms with Crippen molar-refractivity contribution >= 4 is 64.0 Å². The Balaban J connectivity index is 1.30. The maximum absolute atomic E-state index is 15.3. The molecule has 0 radical (unpaired) electrons. The molecule has 0 spiro atoms. The van der Waals surface area contributed by atoms with Gasteiger partial charge in [0, 0.05) is 40.9 Å². The number of halogens is 5. The molecule has 4 aromatic rings. The lowest BCUT2D eigenvalue weighted by Gasteiger charge is -2.50. The Morgan fingerprint density at radius 2 is 1.67 bits per heavy atom. The Labute approximate surface area is 330 Å². The number of rotatable bonds is 7. The van der Waals surface area contributed by atoms with Gasteiger partial charge in [0.25, 0.3) is 17.5 Å². The van der Waals surface area contributed by atoms with E-state index >= 15 is 4.79 Å². The highest BCUT2D eigenvalue weighted by molar-refractivity contribution is 6.33. The molecule has 8 rings (SSSR count). The minimum absolute atomic E-state index is 0.0362. The largest absolute Gasteiger partial charge is 0.508 e. The monoisotopic (exact) mass is 821 g/mol. The summed E-state index contributed by atoms with van der Waals surface area (Å²) in [6.07, 6.45) is -2.66. The molecule has 2 aliphatic heterocycles. The van der Waals surface area contributed by atoms with Gasteiger partial charge in [0.05, 0.1) is 51.5 Å². The molecule has 2 N–H and O–H groups in total. The SMILES string of the molecule is COc1ccc([C@H]2C3=CC[C@@H]4C(=O)N(c5ccc([N+](=O)[O-])cc5)C(=O)[C@@H]4[C@@H]3C[C@H]3C(=O)N(Nc4ncc(C(F)(F)F)cc4Cl)C(=O)[C@@]23c2ccc(Cl)cc2)c(O)c1. The van der Waals surface area contributed by atoms with Gasteiger partial charge in [-0.05, 0) is 60.7 Å². The molecular formula is C39H28Cl2F3N5O8. The number of allylic oxidation sites excluding steroid dienone is 2. The van der Waals surface area contributed by atoms with Gasteiger partial charge in [-0.15, -0.1) is 0 Å². The number of nitrogens with zero attached hydrogens (tertiary/aromatic N) is 4. The highest BCUT2D eigenvalue weighted by Crippen LogP contribution is 2.65. The number of hydrogen-bond donors (Lipinski definition) is 2. The van der Waals surface area contributed by atoms with Crippen LogP contribution in [-0.4, -0.2) is 50.8 Å². The Hall–Kier alpha value is -6.00. The fraction of sp³-hybridized carbons (Fsp3) is 0.256. The second kappa shape index (κ2) is 13.6. The fourth-order valence-corrected chi connectivity index (χ4v) is 9.33. The summed E-state index contributed by atoms with van der Waals surface area (Å²) in [5.41, 5.74) is 0.357. The number of phenolic OH excluding ortho intramolecular Hbond substituents is 1. The van der Waals surface area contributed by atoms with Crippen LogP contribution in [0.15, 0.2) is 90.6 Å². The van der Waals surface area contributed by atoms with Gasteiger partial charge < -0.3 is 9.84 Å². The molecule has 1 aromatic heterocycles. The van der Waals surface area contributed by atoms with Gasteiger partial charge in [-0.25, -0.2) is 4.98 Å². The number of hydrogen-bond acceptors (Lipinski definition) is 10. The van der Waals surface area contributed by atoms with Gasteiger partial charge in [-0.3, -0.25) is 39.6 Å². The summed E-state index contributed by atoms with van der Waals surface area (Å²) in [5, 5.41) is 23.4. The zero-order valence-corrected chi connectivity index (χ0v) is 30.9. The van der Waals surface area contributed by atoms with Crippen molar-refractivity contribution in [2.24, 2.45) is 23.7 Å². The van der Waals surface area contributed by atoms with E-state index in [2.05, 4.69) is 10.4 Å². The summed E-state index contributed by atoms with van der Waals surface area (Å²) in [7, 11) is 1.39. The first-order chi connectivity index (χ1) is 27.1. The van der Waals surface area contributed by atoms with Crippen molar-refractivity contribution in [2.45, 2.75) is 30.4 Å². The Kier molecular flexibility index (Phi) is 9.03. The summed E-state index contributed by atoms with van der Waals surface area (Å²) < 4.78 is 45.8. The number of hydrazine groups is 1. The third-order valence-electron chi connectivity index (χ3n) is 11.4. The van der Waals surface area contributed by atoms with Crippen molar-refractivity contribution in [1.82, 2.24) is 9.99 Å². The summed E-state index contributed by atoms with van der Waals surface area (Å²) in [5.74, 6) is -8.61. The number of amides is 4. The molecule has 4 aliphatic rings. The average Bonchev–Trinajstić information content (AvgIpc) is 3.56. The third-order valence-corrected chi connectivity index (χ3v) is 12.0. The number of alkyl halides is 3. The van der Waals surface area contributed by atoms with E-state index < -0.39 is 86.1 Å². The summed E-state index contributed by atoms with van der Waals surface area (Å²) in [6, 6.07) is 16.1. The molecule has 1 saturated carbocycles. The van der Waals surface area contributed by atoms with Crippen molar-refractivity contribution in [3.05, 3.63) is 127 Å². The van der Waals surface area contributed by atoms with E-state index in [4.69, 9.17) is 27.9 Å². The lowest BCUT2D eigenvalue weighted by atomic mass is 9.49. The number of benzene rings is 3. The molecular weight excluding hydrogens is 794 g/mol. The molecule has 3 aromatic carbocycles. The number of anilines is 2. The number of aromatic hydroxyl groups is 1. The Morgan fingerprint density at radius 1 is 0.965 bits per heavy atom. The highest BCUT2D eigenvalue weighted by atomic mass is 35.5. The minimum Gasteiger partial charge on any atom is -0.508 e. The van der Waals surface area contributed by atoms with Crippen LogP contribution in [-0.2, 0) is 30.8 Å². The van der Waals surface area contributed by atoms with Crippen LogP contribution < -0.4 is 15.1 Å². The Bertz CT molecular complexity index is 2430. The van der Waals surface area contributed by atoms with E-state index in [1.165, 1.54) is 55.6 Å². The maximum atomic E-state index is 15.3. The van der Waals surface area contributed by atoms with Gasteiger partial charge in [-0.2, -0.15) is 18.2 Å². The third kappa shape index (κ3) is 5.79. The molecule has 2 saturated heterocycles. The molecule has 3 heterocycles. The zero-order valence-electron chi connectivity index (χ0n) is 29.4. The van der Waals surface area contributed by atoms with E-state index in [0.29, 0.717) is 33.4 Å². The molecule has 6 atom stereocenters. The number of nitro benzene ring substituents is 1. The standard InChI is InChI=1S/C39H28Cl2F3N5O8/c1-57-23-10-11-25(30(50)15-23)32-24-12-13-26-31(36(53)47(34(26)51)21-6-8-22(9-7-21)49(55)56)27(24)16-28-35(52)48(37(54)38(28,32)18-2-4-20(40)5-3-18)46-33-29(41)14-19(17-45-33)39(42,43)44/h2-12,14-15,17,26-28,31-32,50H,13,16H2,1H3,(H,45,46)/t26-,27+,28-,31-,32+,38+/m0/s1. The van der Waals surface area contributed by atoms with Gasteiger partial charge >= 0.3 is 6.18 Å². The number of methoxy groups -OCH3 is 1. The second-order valence-electron chi connectivity index (χ2n) is 14.1. The van der Waals surface area contributed by atoms with Crippen molar-refractivity contribution in [3.8, 4) is 11.5 Å². The topological polar surface area (TPSA) is 172 Å². The number of non-ortho nitro benzene ring substituents is 1. The number of imide groups is 2. The van der Waals surface area contributed by atoms with Crippen LogP contribution in [0, 0.1) is 33.8 Å². The maximum Gasteiger partial charge on any atom is 0.417 e. The Morgan fingerprint density at radius 3 is 2.28 bits per heavy atom. The lowest BCUT2D eigenvalue weighted by Crippen LogP contribution is -2.53. The van der Waals surface area contributed by atoms with Crippen molar-refractivity contribution < 1.29 is 47.1 Å². The number of carbonyl (C=O) groups is 4. The quantitative estimate of drug-likeness (QED) is 0.0839. The second-order valence-corrected chi connectivity index (χ2v) is 15.0. The molecule has 292 valence electrons. The van der Waals surface area contributed by atoms with Gasteiger partial charge in [0.1, 0.15) is 11.5 Å². The smallest absolute Gasteiger partial charge is 0.417 e. The number of nitrogens with one attached hydrogen (secondary N) is 1. The molecule has 0 bridgehead atoms. The van der Waals surface area contributed by atoms with Crippen molar-refractivity contribution in [1.29, 1.82) is 0 Å². The normalized spacial score (nSPS) is 25.5. The van der Waals surface area contributed by atoms with Gasteiger partial charge in [0.2, 0.25) is 11.8 Å². The van der Waals surface area contributed by atoms with E-state index in [-0.39, 0.29) is 41.3 Å². The number of carbonyl (C=O) groups excluding carboxylic acids is 4. The molecule has 0 unspecified atom stereocenters. The average molecular weight is 823 g/mol. The fourth-order valence-electron chi connectivity index (χ4n) is 9.00. The molecule has 4 amide bonds. The summed E-state index contributed by atoms with van der Waals surface area (Å²) in [6.45, 7) is 0. The van der Waals surface area contributed by atoms with Gasteiger partial charge in [-0.1, -0.05) is 53.1 Å². The molecule has 13 nitrogen and oxygen atoms in total. The predicted molar refractivity (Wildman–Crippen MR) is 197 cm³/mol. The first-order valence-electron chi connectivity index (χ1n) is 17.4. The van der Waals surface area contributed by atoms with E-state index in [1.807, 2.05) is 0 Å². The van der Waals surface area contributed by atoms with Crippen LogP contribution >= 0.6 is 23.2 Å². The van der Waals surface area contributed by atoms with E-state index in [1.54, 1.807) is 24.3 Å². The lowest BCUT2D eigenvalue weighted by molar-refractivity contribution is -0.384. The predicted octanol–water partition coefficient (Wildman–Crippen LogP) is 7.22. The summed E-state index contributed by atoms with van der Waals surface area (Å²) in [4.78, 5) is 74.1. The van der Waals surface area contributed by atoms with E-state index in [0.717, 1.165) is 4.90 Å². The van der Waals surface area contributed by atoms with Crippen LogP contribution in [0.2, 0.25) is 10.0 Å². The van der Waals surface area contributed by atoms with Crippen LogP contribution in [0.4, 0.5) is 30.4 Å². The first kappa shape index (κ1) is 37.9. The van der Waals surface area contributed by atoms with Gasteiger partial charge in [0.15, 0.2) is 5.82 Å². The van der Waals surface area contributed by atoms with Crippen LogP contribution in [0.25, 0.3) is 0 Å². The number of nitro groups is 1. The van der Waals surface area contributed by atoms with Crippen molar-refractivity contribution in [2.75, 3.05) is 17.4 Å². The summed E-state index contributed by atoms with van der Waals surface area (Å²) >= 11 is 12.5. The molecule has 3 fully saturated rings. The number of aromatic nitrogens is 1.